The zero-order valence-electron chi connectivity index (χ0n) is 10.9. The molecule has 0 spiro atoms. The van der Waals surface area contributed by atoms with Gasteiger partial charge in [0.1, 0.15) is 0 Å². The fourth-order valence-corrected chi connectivity index (χ4v) is 2.82. The van der Waals surface area contributed by atoms with Crippen LogP contribution in [0.3, 0.4) is 0 Å². The summed E-state index contributed by atoms with van der Waals surface area (Å²) in [5.41, 5.74) is 2.63. The van der Waals surface area contributed by atoms with Crippen molar-refractivity contribution >= 4 is 11.8 Å². The number of thioether (sulfide) groups is 1. The van der Waals surface area contributed by atoms with Crippen molar-refractivity contribution in [3.63, 3.8) is 0 Å². The summed E-state index contributed by atoms with van der Waals surface area (Å²) in [6.45, 7) is 4.46. The predicted octanol–water partition coefficient (Wildman–Crippen LogP) is 2.62. The normalized spacial score (nSPS) is 14.6. The van der Waals surface area contributed by atoms with E-state index in [0.29, 0.717) is 12.0 Å². The van der Waals surface area contributed by atoms with Crippen LogP contribution in [0.1, 0.15) is 24.1 Å². The third-order valence-electron chi connectivity index (χ3n) is 2.83. The monoisotopic (exact) mass is 253 g/mol. The lowest BCUT2D eigenvalue weighted by Gasteiger charge is -2.17. The molecular weight excluding hydrogens is 230 g/mol. The van der Waals surface area contributed by atoms with Crippen LogP contribution in [0.15, 0.2) is 24.3 Å². The molecule has 0 radical (unpaired) electrons. The van der Waals surface area contributed by atoms with Crippen LogP contribution in [0.2, 0.25) is 0 Å². The van der Waals surface area contributed by atoms with Crippen LogP contribution in [-0.2, 0) is 0 Å². The summed E-state index contributed by atoms with van der Waals surface area (Å²) in [7, 11) is 2.00. The molecule has 3 heteroatoms. The number of aryl methyl sites for hydroxylation is 1. The summed E-state index contributed by atoms with van der Waals surface area (Å²) in [5.74, 6) is 2.44. The van der Waals surface area contributed by atoms with Crippen LogP contribution in [-0.4, -0.2) is 30.3 Å². The summed E-state index contributed by atoms with van der Waals surface area (Å²) in [4.78, 5) is 0. The highest BCUT2D eigenvalue weighted by atomic mass is 32.2. The third-order valence-corrected chi connectivity index (χ3v) is 4.20. The number of nitrogens with one attached hydrogen (secondary N) is 1. The van der Waals surface area contributed by atoms with Crippen molar-refractivity contribution in [1.82, 2.24) is 5.32 Å². The second-order valence-electron chi connectivity index (χ2n) is 4.58. The van der Waals surface area contributed by atoms with E-state index in [9.17, 15) is 0 Å². The minimum absolute atomic E-state index is 0.280. The van der Waals surface area contributed by atoms with Gasteiger partial charge >= 0.3 is 0 Å². The first kappa shape index (κ1) is 14.6. The van der Waals surface area contributed by atoms with Crippen LogP contribution in [0.4, 0.5) is 0 Å². The maximum Gasteiger partial charge on any atom is 0.0464 e. The smallest absolute Gasteiger partial charge is 0.0464 e. The van der Waals surface area contributed by atoms with E-state index in [2.05, 4.69) is 43.4 Å². The van der Waals surface area contributed by atoms with E-state index in [1.54, 1.807) is 0 Å². The lowest BCUT2D eigenvalue weighted by Crippen LogP contribution is -2.19. The van der Waals surface area contributed by atoms with Crippen LogP contribution in [0, 0.1) is 12.8 Å². The van der Waals surface area contributed by atoms with E-state index < -0.39 is 0 Å². The molecule has 0 aliphatic rings. The van der Waals surface area contributed by atoms with Gasteiger partial charge < -0.3 is 10.4 Å². The van der Waals surface area contributed by atoms with Gasteiger partial charge in [-0.3, -0.25) is 0 Å². The van der Waals surface area contributed by atoms with Gasteiger partial charge in [-0.2, -0.15) is 11.8 Å². The Balaban J connectivity index is 2.45. The molecule has 0 aliphatic heterocycles. The lowest BCUT2D eigenvalue weighted by molar-refractivity contribution is 0.250. The van der Waals surface area contributed by atoms with Gasteiger partial charge in [0.25, 0.3) is 0 Å². The summed E-state index contributed by atoms with van der Waals surface area (Å²) in [6.07, 6.45) is 0. The Hall–Kier alpha value is -0.510. The van der Waals surface area contributed by atoms with Crippen LogP contribution in [0.25, 0.3) is 0 Å². The van der Waals surface area contributed by atoms with Crippen LogP contribution >= 0.6 is 11.8 Å². The Labute approximate surface area is 109 Å². The Kier molecular flexibility index (Phi) is 6.63. The molecule has 2 nitrogen and oxygen atoms in total. The molecule has 0 saturated heterocycles. The summed E-state index contributed by atoms with van der Waals surface area (Å²) in [5, 5.41) is 12.3. The molecule has 17 heavy (non-hydrogen) atoms. The molecule has 2 atom stereocenters. The molecule has 0 aromatic heterocycles. The molecule has 2 N–H and O–H groups in total. The van der Waals surface area contributed by atoms with E-state index in [0.717, 1.165) is 11.5 Å². The SMILES string of the molecule is CNC(CSCC(C)CO)c1ccc(C)cc1. The Bertz CT molecular complexity index is 313. The number of aliphatic hydroxyl groups excluding tert-OH is 1. The summed E-state index contributed by atoms with van der Waals surface area (Å²) in [6, 6.07) is 9.08. The summed E-state index contributed by atoms with van der Waals surface area (Å²) < 4.78 is 0. The van der Waals surface area contributed by atoms with Crippen molar-refractivity contribution in [1.29, 1.82) is 0 Å². The average molecular weight is 253 g/mol. The number of benzene rings is 1. The first-order valence-corrected chi connectivity index (χ1v) is 7.25. The number of aliphatic hydroxyl groups is 1. The molecule has 96 valence electrons. The first-order valence-electron chi connectivity index (χ1n) is 6.09. The molecule has 0 bridgehead atoms. The van der Waals surface area contributed by atoms with Crippen molar-refractivity contribution in [3.8, 4) is 0 Å². The van der Waals surface area contributed by atoms with Gasteiger partial charge in [-0.1, -0.05) is 36.8 Å². The third kappa shape index (κ3) is 5.11. The predicted molar refractivity (Wildman–Crippen MR) is 76.6 cm³/mol. The fraction of sp³-hybridized carbons (Fsp3) is 0.571. The quantitative estimate of drug-likeness (QED) is 0.783. The van der Waals surface area contributed by atoms with Crippen molar-refractivity contribution < 1.29 is 5.11 Å². The van der Waals surface area contributed by atoms with Gasteiger partial charge in [0.15, 0.2) is 0 Å². The highest BCUT2D eigenvalue weighted by Gasteiger charge is 2.09. The molecule has 1 aromatic rings. The topological polar surface area (TPSA) is 32.3 Å². The summed E-state index contributed by atoms with van der Waals surface area (Å²) >= 11 is 1.90. The van der Waals surface area contributed by atoms with E-state index in [4.69, 9.17) is 5.11 Å². The second-order valence-corrected chi connectivity index (χ2v) is 5.65. The minimum Gasteiger partial charge on any atom is -0.396 e. The zero-order valence-corrected chi connectivity index (χ0v) is 11.8. The highest BCUT2D eigenvalue weighted by molar-refractivity contribution is 7.99. The molecule has 2 unspecified atom stereocenters. The number of hydrogen-bond acceptors (Lipinski definition) is 3. The first-order chi connectivity index (χ1) is 8.17. The highest BCUT2D eigenvalue weighted by Crippen LogP contribution is 2.20. The molecule has 0 aliphatic carbocycles. The minimum atomic E-state index is 0.280. The van der Waals surface area contributed by atoms with Crippen molar-refractivity contribution in [3.05, 3.63) is 35.4 Å². The Morgan fingerprint density at radius 2 is 1.88 bits per heavy atom. The van der Waals surface area contributed by atoms with Gasteiger partial charge in [0, 0.05) is 18.4 Å². The zero-order chi connectivity index (χ0) is 12.7. The van der Waals surface area contributed by atoms with Crippen molar-refractivity contribution in [2.75, 3.05) is 25.2 Å². The molecular formula is C14H23NOS. The van der Waals surface area contributed by atoms with E-state index >= 15 is 0 Å². The molecule has 0 amide bonds. The maximum atomic E-state index is 8.98. The van der Waals surface area contributed by atoms with Gasteiger partial charge in [-0.15, -0.1) is 0 Å². The fourth-order valence-electron chi connectivity index (χ4n) is 1.58. The largest absolute Gasteiger partial charge is 0.396 e. The van der Waals surface area contributed by atoms with Crippen molar-refractivity contribution in [2.45, 2.75) is 19.9 Å². The average Bonchev–Trinajstić information content (AvgIpc) is 2.35. The van der Waals surface area contributed by atoms with Crippen LogP contribution < -0.4 is 5.32 Å². The Morgan fingerprint density at radius 3 is 2.41 bits per heavy atom. The van der Waals surface area contributed by atoms with Gasteiger partial charge in [0.2, 0.25) is 0 Å². The van der Waals surface area contributed by atoms with E-state index in [-0.39, 0.29) is 6.61 Å². The molecule has 0 fully saturated rings. The lowest BCUT2D eigenvalue weighted by atomic mass is 10.1. The van der Waals surface area contributed by atoms with Gasteiger partial charge in [-0.05, 0) is 31.2 Å². The molecule has 0 saturated carbocycles. The van der Waals surface area contributed by atoms with Crippen LogP contribution in [0.5, 0.6) is 0 Å². The van der Waals surface area contributed by atoms with Gasteiger partial charge in [-0.25, -0.2) is 0 Å². The second kappa shape index (κ2) is 7.75. The van der Waals surface area contributed by atoms with Gasteiger partial charge in [0.05, 0.1) is 0 Å². The molecule has 1 aromatic carbocycles. The van der Waals surface area contributed by atoms with E-state index in [1.165, 1.54) is 11.1 Å². The molecule has 1 rings (SSSR count). The van der Waals surface area contributed by atoms with E-state index in [1.807, 2.05) is 18.8 Å². The number of rotatable bonds is 7. The maximum absolute atomic E-state index is 8.98. The Morgan fingerprint density at radius 1 is 1.24 bits per heavy atom. The van der Waals surface area contributed by atoms with Crippen molar-refractivity contribution in [2.24, 2.45) is 5.92 Å². The molecule has 0 heterocycles. The number of hydrogen-bond donors (Lipinski definition) is 2. The standard InChI is InChI=1S/C14H23NOS/c1-11-4-6-13(7-5-11)14(15-3)10-17-9-12(2)8-16/h4-7,12,14-16H,8-10H2,1-3H3.